The van der Waals surface area contributed by atoms with Gasteiger partial charge in [0.05, 0.1) is 6.04 Å². The molecule has 0 aliphatic heterocycles. The summed E-state index contributed by atoms with van der Waals surface area (Å²) < 4.78 is 1.11. The van der Waals surface area contributed by atoms with Gasteiger partial charge in [-0.1, -0.05) is 0 Å². The van der Waals surface area contributed by atoms with Crippen molar-refractivity contribution in [2.75, 3.05) is 5.32 Å². The van der Waals surface area contributed by atoms with Gasteiger partial charge < -0.3 is 10.6 Å². The van der Waals surface area contributed by atoms with Crippen LogP contribution in [0.15, 0.2) is 40.2 Å². The molecule has 2 N–H and O–H groups in total. The number of rotatable bonds is 5. The fraction of sp³-hybridized carbons (Fsp3) is 0.312. The summed E-state index contributed by atoms with van der Waals surface area (Å²) in [5.41, 5.74) is 1.69. The second kappa shape index (κ2) is 7.09. The first kappa shape index (κ1) is 16.0. The van der Waals surface area contributed by atoms with Crippen LogP contribution in [0.25, 0.3) is 0 Å². The molecule has 0 bridgehead atoms. The number of anilines is 1. The molecule has 1 atom stereocenters. The van der Waals surface area contributed by atoms with Crippen molar-refractivity contribution >= 4 is 38.9 Å². The number of thiophene rings is 1. The van der Waals surface area contributed by atoms with Crippen molar-refractivity contribution in [2.45, 2.75) is 32.9 Å². The molecule has 0 aliphatic rings. The molecular weight excluding hydrogens is 348 g/mol. The molecule has 0 spiro atoms. The van der Waals surface area contributed by atoms with Crippen molar-refractivity contribution in [3.63, 3.8) is 0 Å². The smallest absolute Gasteiger partial charge is 0.251 e. The van der Waals surface area contributed by atoms with Gasteiger partial charge in [-0.25, -0.2) is 0 Å². The number of halogens is 1. The minimum atomic E-state index is -0.0354. The van der Waals surface area contributed by atoms with Crippen LogP contribution in [0.1, 0.15) is 42.0 Å². The van der Waals surface area contributed by atoms with Gasteiger partial charge in [0.2, 0.25) is 0 Å². The predicted molar refractivity (Wildman–Crippen MR) is 93.1 cm³/mol. The Balaban J connectivity index is 2.00. The molecule has 1 unspecified atom stereocenters. The van der Waals surface area contributed by atoms with Crippen molar-refractivity contribution in [1.29, 1.82) is 0 Å². The third-order valence-electron chi connectivity index (χ3n) is 2.96. The van der Waals surface area contributed by atoms with E-state index in [0.29, 0.717) is 5.56 Å². The molecule has 1 heterocycles. The number of nitrogens with one attached hydrogen (secondary N) is 2. The molecule has 21 heavy (non-hydrogen) atoms. The summed E-state index contributed by atoms with van der Waals surface area (Å²) in [6.45, 7) is 6.03. The van der Waals surface area contributed by atoms with Crippen LogP contribution < -0.4 is 10.6 Å². The number of carbonyl (C=O) groups is 1. The van der Waals surface area contributed by atoms with E-state index in [2.05, 4.69) is 44.9 Å². The van der Waals surface area contributed by atoms with Crippen LogP contribution in [0.2, 0.25) is 0 Å². The summed E-state index contributed by atoms with van der Waals surface area (Å²) in [5.74, 6) is -0.0354. The molecule has 2 aromatic rings. The lowest BCUT2D eigenvalue weighted by Crippen LogP contribution is -2.29. The summed E-state index contributed by atoms with van der Waals surface area (Å²) in [5, 5.41) is 8.40. The largest absolute Gasteiger partial charge is 0.378 e. The van der Waals surface area contributed by atoms with E-state index in [-0.39, 0.29) is 18.0 Å². The first-order valence-corrected chi connectivity index (χ1v) is 8.54. The standard InChI is InChI=1S/C16H19BrN2OS/c1-10(2)18-16(20)12-4-6-14(7-5-12)19-11(3)15-8-13(17)9-21-15/h4-11,19H,1-3H3,(H,18,20). The second-order valence-corrected chi connectivity index (χ2v) is 7.10. The summed E-state index contributed by atoms with van der Waals surface area (Å²) in [4.78, 5) is 13.1. The summed E-state index contributed by atoms with van der Waals surface area (Å²) in [6.07, 6.45) is 0. The highest BCUT2D eigenvalue weighted by Crippen LogP contribution is 2.27. The van der Waals surface area contributed by atoms with Crippen molar-refractivity contribution in [3.05, 3.63) is 50.6 Å². The highest BCUT2D eigenvalue weighted by atomic mass is 79.9. The monoisotopic (exact) mass is 366 g/mol. The molecule has 1 amide bonds. The maximum absolute atomic E-state index is 11.9. The third-order valence-corrected chi connectivity index (χ3v) is 4.84. The molecule has 0 saturated heterocycles. The van der Waals surface area contributed by atoms with Crippen molar-refractivity contribution in [2.24, 2.45) is 0 Å². The fourth-order valence-corrected chi connectivity index (χ4v) is 3.39. The van der Waals surface area contributed by atoms with Crippen LogP contribution >= 0.6 is 27.3 Å². The fourth-order valence-electron chi connectivity index (χ4n) is 1.94. The van der Waals surface area contributed by atoms with E-state index in [9.17, 15) is 4.79 Å². The van der Waals surface area contributed by atoms with Gasteiger partial charge in [-0.15, -0.1) is 11.3 Å². The number of amides is 1. The number of benzene rings is 1. The van der Waals surface area contributed by atoms with Gasteiger partial charge >= 0.3 is 0 Å². The van der Waals surface area contributed by atoms with Crippen LogP contribution in [0.4, 0.5) is 5.69 Å². The van der Waals surface area contributed by atoms with Crippen molar-refractivity contribution in [1.82, 2.24) is 5.32 Å². The minimum absolute atomic E-state index is 0.0354. The maximum atomic E-state index is 11.9. The molecule has 0 saturated carbocycles. The summed E-state index contributed by atoms with van der Waals surface area (Å²) in [7, 11) is 0. The third kappa shape index (κ3) is 4.58. The maximum Gasteiger partial charge on any atom is 0.251 e. The quantitative estimate of drug-likeness (QED) is 0.795. The van der Waals surface area contributed by atoms with Crippen LogP contribution in [0, 0.1) is 0 Å². The first-order chi connectivity index (χ1) is 9.95. The topological polar surface area (TPSA) is 41.1 Å². The SMILES string of the molecule is CC(C)NC(=O)c1ccc(NC(C)c2cc(Br)cs2)cc1. The normalized spacial score (nSPS) is 12.2. The Labute approximate surface area is 137 Å². The van der Waals surface area contributed by atoms with Crippen molar-refractivity contribution < 1.29 is 4.79 Å². The molecule has 1 aromatic carbocycles. The van der Waals surface area contributed by atoms with Gasteiger partial charge in [0.15, 0.2) is 0 Å². The van der Waals surface area contributed by atoms with Crippen LogP contribution in [0.5, 0.6) is 0 Å². The lowest BCUT2D eigenvalue weighted by atomic mass is 10.1. The molecule has 0 aliphatic carbocycles. The van der Waals surface area contributed by atoms with Gasteiger partial charge in [-0.3, -0.25) is 4.79 Å². The minimum Gasteiger partial charge on any atom is -0.378 e. The Bertz CT molecular complexity index is 607. The average molecular weight is 367 g/mol. The van der Waals surface area contributed by atoms with E-state index in [1.165, 1.54) is 4.88 Å². The number of hydrogen-bond acceptors (Lipinski definition) is 3. The molecule has 5 heteroatoms. The summed E-state index contributed by atoms with van der Waals surface area (Å²) in [6, 6.07) is 10.1. The van der Waals surface area contributed by atoms with Gasteiger partial charge in [-0.2, -0.15) is 0 Å². The lowest BCUT2D eigenvalue weighted by molar-refractivity contribution is 0.0943. The van der Waals surface area contributed by atoms with Gasteiger partial charge in [0.25, 0.3) is 5.91 Å². The summed E-state index contributed by atoms with van der Waals surface area (Å²) >= 11 is 5.19. The predicted octanol–water partition coefficient (Wildman–Crippen LogP) is 4.82. The van der Waals surface area contributed by atoms with E-state index in [4.69, 9.17) is 0 Å². The zero-order valence-corrected chi connectivity index (χ0v) is 14.7. The van der Waals surface area contributed by atoms with E-state index in [0.717, 1.165) is 10.2 Å². The number of carbonyl (C=O) groups excluding carboxylic acids is 1. The molecule has 1 aromatic heterocycles. The molecule has 2 rings (SSSR count). The van der Waals surface area contributed by atoms with Gasteiger partial charge in [0, 0.05) is 32.0 Å². The van der Waals surface area contributed by atoms with Gasteiger partial charge in [-0.05, 0) is 67.0 Å². The Kier molecular flexibility index (Phi) is 5.42. The van der Waals surface area contributed by atoms with Crippen LogP contribution in [-0.2, 0) is 0 Å². The Morgan fingerprint density at radius 2 is 1.86 bits per heavy atom. The zero-order chi connectivity index (χ0) is 15.4. The molecular formula is C16H19BrN2OS. The Morgan fingerprint density at radius 1 is 1.19 bits per heavy atom. The van der Waals surface area contributed by atoms with E-state index >= 15 is 0 Å². The highest BCUT2D eigenvalue weighted by molar-refractivity contribution is 9.10. The average Bonchev–Trinajstić information content (AvgIpc) is 2.85. The van der Waals surface area contributed by atoms with E-state index in [1.54, 1.807) is 11.3 Å². The Morgan fingerprint density at radius 3 is 2.38 bits per heavy atom. The Hall–Kier alpha value is -1.33. The highest BCUT2D eigenvalue weighted by Gasteiger charge is 2.09. The van der Waals surface area contributed by atoms with Crippen LogP contribution in [0.3, 0.4) is 0 Å². The van der Waals surface area contributed by atoms with Crippen LogP contribution in [-0.4, -0.2) is 11.9 Å². The lowest BCUT2D eigenvalue weighted by Gasteiger charge is -2.14. The number of hydrogen-bond donors (Lipinski definition) is 2. The van der Waals surface area contributed by atoms with E-state index in [1.807, 2.05) is 38.1 Å². The molecule has 0 fully saturated rings. The first-order valence-electron chi connectivity index (χ1n) is 6.87. The van der Waals surface area contributed by atoms with Gasteiger partial charge in [0.1, 0.15) is 0 Å². The molecule has 112 valence electrons. The van der Waals surface area contributed by atoms with Crippen molar-refractivity contribution in [3.8, 4) is 0 Å². The molecule has 0 radical (unpaired) electrons. The zero-order valence-electron chi connectivity index (χ0n) is 12.3. The molecule has 3 nitrogen and oxygen atoms in total. The second-order valence-electron chi connectivity index (χ2n) is 5.24. The van der Waals surface area contributed by atoms with E-state index < -0.39 is 0 Å².